The summed E-state index contributed by atoms with van der Waals surface area (Å²) in [7, 11) is 0. The Bertz CT molecular complexity index is 746. The van der Waals surface area contributed by atoms with Gasteiger partial charge in [-0.1, -0.05) is 26.3 Å². The van der Waals surface area contributed by atoms with Gasteiger partial charge in [-0.3, -0.25) is 14.4 Å². The average Bonchev–Trinajstić information content (AvgIpc) is 3.33. The van der Waals surface area contributed by atoms with Gasteiger partial charge in [-0.05, 0) is 44.9 Å². The van der Waals surface area contributed by atoms with Crippen molar-refractivity contribution in [2.75, 3.05) is 19.7 Å². The molecule has 0 aliphatic carbocycles. The van der Waals surface area contributed by atoms with Crippen molar-refractivity contribution in [2.45, 2.75) is 81.4 Å². The molecule has 2 N–H and O–H groups in total. The van der Waals surface area contributed by atoms with Crippen molar-refractivity contribution < 1.29 is 24.6 Å². The lowest BCUT2D eigenvalue weighted by Gasteiger charge is -2.41. The maximum atomic E-state index is 14.1. The van der Waals surface area contributed by atoms with Crippen LogP contribution in [0.25, 0.3) is 0 Å². The minimum atomic E-state index is -0.926. The van der Waals surface area contributed by atoms with Crippen molar-refractivity contribution >= 4 is 29.5 Å². The predicted molar refractivity (Wildman–Crippen MR) is 125 cm³/mol. The van der Waals surface area contributed by atoms with Gasteiger partial charge in [0.15, 0.2) is 0 Å². The Labute approximate surface area is 195 Å². The zero-order chi connectivity index (χ0) is 23.6. The third kappa shape index (κ3) is 3.98. The van der Waals surface area contributed by atoms with Crippen LogP contribution in [0.2, 0.25) is 0 Å². The summed E-state index contributed by atoms with van der Waals surface area (Å²) < 4.78 is -0.690. The van der Waals surface area contributed by atoms with Gasteiger partial charge in [-0.25, -0.2) is 0 Å². The van der Waals surface area contributed by atoms with Crippen LogP contribution < -0.4 is 0 Å². The maximum Gasteiger partial charge on any atom is 0.308 e. The van der Waals surface area contributed by atoms with Crippen molar-refractivity contribution in [2.24, 2.45) is 17.8 Å². The van der Waals surface area contributed by atoms with E-state index in [0.29, 0.717) is 25.9 Å². The molecule has 32 heavy (non-hydrogen) atoms. The molecule has 0 saturated carbocycles. The summed E-state index contributed by atoms with van der Waals surface area (Å²) in [6.45, 7) is 11.0. The lowest BCUT2D eigenvalue weighted by atomic mass is 9.66. The number of carboxylic acids is 1. The van der Waals surface area contributed by atoms with E-state index < -0.39 is 28.6 Å². The molecule has 0 aromatic rings. The third-order valence-corrected chi connectivity index (χ3v) is 9.75. The van der Waals surface area contributed by atoms with Crippen molar-refractivity contribution in [3.8, 4) is 0 Å². The topological polar surface area (TPSA) is 98.2 Å². The number of carboxylic acid groups (broad SMARTS) is 1. The molecule has 7 nitrogen and oxygen atoms in total. The average molecular weight is 467 g/mol. The van der Waals surface area contributed by atoms with E-state index in [9.17, 15) is 19.5 Å². The highest BCUT2D eigenvalue weighted by atomic mass is 32.2. The quantitative estimate of drug-likeness (QED) is 0.339. The van der Waals surface area contributed by atoms with Gasteiger partial charge in [0.05, 0.1) is 16.6 Å². The molecule has 3 heterocycles. The predicted octanol–water partition coefficient (Wildman–Crippen LogP) is 2.77. The molecule has 8 heteroatoms. The summed E-state index contributed by atoms with van der Waals surface area (Å²) in [5, 5.41) is 19.0. The van der Waals surface area contributed by atoms with Gasteiger partial charge in [0.1, 0.15) is 6.04 Å². The van der Waals surface area contributed by atoms with Gasteiger partial charge in [-0.2, -0.15) is 0 Å². The molecule has 0 aromatic carbocycles. The van der Waals surface area contributed by atoms with Crippen molar-refractivity contribution in [3.05, 3.63) is 12.7 Å². The Hall–Kier alpha value is -1.54. The van der Waals surface area contributed by atoms with Crippen LogP contribution in [0.15, 0.2) is 12.7 Å². The Kier molecular flexibility index (Phi) is 7.97. The first-order valence-electron chi connectivity index (χ1n) is 12.0. The molecule has 2 amide bonds. The molecule has 0 radical (unpaired) electrons. The number of rotatable bonds is 12. The molecule has 1 spiro atoms. The summed E-state index contributed by atoms with van der Waals surface area (Å²) in [5.41, 5.74) is 0. The summed E-state index contributed by atoms with van der Waals surface area (Å²) >= 11 is 1.59. The Morgan fingerprint density at radius 1 is 1.38 bits per heavy atom. The smallest absolute Gasteiger partial charge is 0.308 e. The summed E-state index contributed by atoms with van der Waals surface area (Å²) in [5.74, 6) is -2.48. The van der Waals surface area contributed by atoms with E-state index in [0.717, 1.165) is 25.7 Å². The molecule has 3 rings (SSSR count). The lowest BCUT2D eigenvalue weighted by molar-refractivity contribution is -0.149. The van der Waals surface area contributed by atoms with Gasteiger partial charge in [0.25, 0.3) is 0 Å². The first-order chi connectivity index (χ1) is 15.3. The first kappa shape index (κ1) is 25.1. The van der Waals surface area contributed by atoms with Crippen LogP contribution in [0.5, 0.6) is 0 Å². The largest absolute Gasteiger partial charge is 0.481 e. The van der Waals surface area contributed by atoms with Gasteiger partial charge in [0, 0.05) is 31.0 Å². The molecule has 3 aliphatic heterocycles. The fraction of sp³-hybridized carbons (Fsp3) is 0.792. The third-order valence-electron chi connectivity index (χ3n) is 7.67. The Balaban J connectivity index is 2.01. The number of likely N-dealkylation sites (tertiary alicyclic amines) is 1. The number of thioether (sulfide) groups is 1. The second-order valence-corrected chi connectivity index (χ2v) is 11.2. The minimum absolute atomic E-state index is 0.0153. The number of amides is 2. The van der Waals surface area contributed by atoms with E-state index in [-0.39, 0.29) is 35.6 Å². The number of aliphatic hydroxyl groups excluding tert-OH is 1. The van der Waals surface area contributed by atoms with Crippen LogP contribution in [0.3, 0.4) is 0 Å². The number of aliphatic carboxylic acids is 1. The highest BCUT2D eigenvalue weighted by Gasteiger charge is 2.76. The highest BCUT2D eigenvalue weighted by molar-refractivity contribution is 8.02. The molecule has 3 saturated heterocycles. The van der Waals surface area contributed by atoms with Gasteiger partial charge in [0.2, 0.25) is 11.8 Å². The van der Waals surface area contributed by atoms with E-state index in [1.807, 2.05) is 11.8 Å². The summed E-state index contributed by atoms with van der Waals surface area (Å²) in [6, 6.07) is -0.635. The molecular formula is C24H38N2O5S. The summed E-state index contributed by atoms with van der Waals surface area (Å²) in [6.07, 6.45) is 6.34. The fourth-order valence-electron chi connectivity index (χ4n) is 6.25. The first-order valence-corrected chi connectivity index (χ1v) is 12.9. The summed E-state index contributed by atoms with van der Waals surface area (Å²) in [4.78, 5) is 43.5. The SMILES string of the molecule is C=CCN(C(=O)C1N(CCCCCO)C(=O)[C@@H]2[C@@H](C(=O)O)[C@H]3CC(C)C12S3)C(C)CCC. The van der Waals surface area contributed by atoms with Gasteiger partial charge >= 0.3 is 5.97 Å². The van der Waals surface area contributed by atoms with E-state index in [2.05, 4.69) is 20.4 Å². The van der Waals surface area contributed by atoms with Crippen LogP contribution in [0, 0.1) is 17.8 Å². The zero-order valence-corrected chi connectivity index (χ0v) is 20.4. The molecular weight excluding hydrogens is 428 g/mol. The monoisotopic (exact) mass is 466 g/mol. The number of carbonyl (C=O) groups is 3. The van der Waals surface area contributed by atoms with Crippen LogP contribution >= 0.6 is 11.8 Å². The van der Waals surface area contributed by atoms with E-state index in [1.165, 1.54) is 0 Å². The van der Waals surface area contributed by atoms with Gasteiger partial charge < -0.3 is 20.0 Å². The van der Waals surface area contributed by atoms with Crippen molar-refractivity contribution in [1.29, 1.82) is 0 Å². The number of fused-ring (bicyclic) bond motifs is 1. The van der Waals surface area contributed by atoms with E-state index in [4.69, 9.17) is 5.11 Å². The molecule has 4 unspecified atom stereocenters. The second-order valence-electron chi connectivity index (χ2n) is 9.62. The van der Waals surface area contributed by atoms with Gasteiger partial charge in [-0.15, -0.1) is 18.3 Å². The van der Waals surface area contributed by atoms with Crippen molar-refractivity contribution in [3.63, 3.8) is 0 Å². The maximum absolute atomic E-state index is 14.1. The molecule has 0 aromatic heterocycles. The van der Waals surface area contributed by atoms with Crippen LogP contribution in [-0.4, -0.2) is 79.6 Å². The van der Waals surface area contributed by atoms with Crippen LogP contribution in [-0.2, 0) is 14.4 Å². The number of carbonyl (C=O) groups excluding carboxylic acids is 2. The zero-order valence-electron chi connectivity index (χ0n) is 19.5. The number of unbranched alkanes of at least 4 members (excludes halogenated alkanes) is 2. The Morgan fingerprint density at radius 3 is 2.69 bits per heavy atom. The number of hydrogen-bond donors (Lipinski definition) is 2. The molecule has 180 valence electrons. The van der Waals surface area contributed by atoms with E-state index in [1.54, 1.807) is 22.7 Å². The Morgan fingerprint density at radius 2 is 2.09 bits per heavy atom. The van der Waals surface area contributed by atoms with Crippen LogP contribution in [0.1, 0.15) is 59.3 Å². The van der Waals surface area contributed by atoms with Crippen LogP contribution in [0.4, 0.5) is 0 Å². The number of nitrogens with zero attached hydrogens (tertiary/aromatic N) is 2. The molecule has 7 atom stereocenters. The normalized spacial score (nSPS) is 33.9. The second kappa shape index (κ2) is 10.2. The standard InChI is InChI=1S/C24H38N2O5S/c1-5-10-16(4)25(11-6-2)22(29)20-24-15(3)14-17(32-24)18(23(30)31)19(24)21(28)26(20)12-8-7-9-13-27/h6,15-20,27H,2,5,7-14H2,1,3-4H3,(H,30,31)/t15?,16?,17-,18+,19+,20?,24?/m1/s1. The fourth-order valence-corrected chi connectivity index (χ4v) is 8.66. The molecule has 2 bridgehead atoms. The number of aliphatic hydroxyl groups is 1. The lowest BCUT2D eigenvalue weighted by Crippen LogP contribution is -2.58. The minimum Gasteiger partial charge on any atom is -0.481 e. The molecule has 3 aliphatic rings. The highest BCUT2D eigenvalue weighted by Crippen LogP contribution is 2.68. The van der Waals surface area contributed by atoms with E-state index >= 15 is 0 Å². The van der Waals surface area contributed by atoms with Crippen molar-refractivity contribution in [1.82, 2.24) is 9.80 Å². The molecule has 3 fully saturated rings. The number of hydrogen-bond acceptors (Lipinski definition) is 5.